The third-order valence-corrected chi connectivity index (χ3v) is 3.78. The van der Waals surface area contributed by atoms with Crippen LogP contribution in [0.1, 0.15) is 11.1 Å². The predicted octanol–water partition coefficient (Wildman–Crippen LogP) is 2.46. The van der Waals surface area contributed by atoms with E-state index in [1.807, 2.05) is 12.1 Å². The number of hydrazine groups is 1. The van der Waals surface area contributed by atoms with Crippen LogP contribution >= 0.6 is 0 Å². The molecular formula is C15H16N4O2. The molecule has 0 aromatic heterocycles. The van der Waals surface area contributed by atoms with Crippen molar-refractivity contribution in [1.82, 2.24) is 0 Å². The van der Waals surface area contributed by atoms with Gasteiger partial charge in [-0.25, -0.2) is 0 Å². The molecule has 4 N–H and O–H groups in total. The van der Waals surface area contributed by atoms with Gasteiger partial charge in [0.1, 0.15) is 11.4 Å². The van der Waals surface area contributed by atoms with Gasteiger partial charge in [-0.1, -0.05) is 30.3 Å². The lowest BCUT2D eigenvalue weighted by molar-refractivity contribution is -0.383. The van der Waals surface area contributed by atoms with Crippen molar-refractivity contribution < 1.29 is 4.92 Å². The summed E-state index contributed by atoms with van der Waals surface area (Å²) in [6, 6.07) is 13.4. The van der Waals surface area contributed by atoms with Crippen molar-refractivity contribution in [2.24, 2.45) is 5.84 Å². The summed E-state index contributed by atoms with van der Waals surface area (Å²) in [5.74, 6) is 5.35. The Labute approximate surface area is 122 Å². The highest BCUT2D eigenvalue weighted by atomic mass is 16.6. The maximum absolute atomic E-state index is 11.3. The zero-order chi connectivity index (χ0) is 14.8. The number of nitrogen functional groups attached to an aromatic ring is 1. The van der Waals surface area contributed by atoms with Crippen LogP contribution in [0.4, 0.5) is 17.1 Å². The minimum absolute atomic E-state index is 0.0176. The monoisotopic (exact) mass is 284 g/mol. The number of nitrogens with zero attached hydrogens (tertiary/aromatic N) is 1. The maximum Gasteiger partial charge on any atom is 0.316 e. The second-order valence-corrected chi connectivity index (χ2v) is 5.12. The Morgan fingerprint density at radius 1 is 1.05 bits per heavy atom. The topological polar surface area (TPSA) is 93.2 Å². The van der Waals surface area contributed by atoms with Crippen LogP contribution in [0, 0.1) is 10.1 Å². The maximum atomic E-state index is 11.3. The van der Waals surface area contributed by atoms with Crippen molar-refractivity contribution in [3.05, 3.63) is 63.7 Å². The van der Waals surface area contributed by atoms with Crippen molar-refractivity contribution in [1.29, 1.82) is 0 Å². The molecule has 2 aromatic carbocycles. The smallest absolute Gasteiger partial charge is 0.316 e. The normalized spacial score (nSPS) is 13.8. The molecule has 1 aliphatic carbocycles. The number of nitrogens with two attached hydrogens (primary N) is 1. The Balaban J connectivity index is 1.85. The molecule has 0 spiro atoms. The quantitative estimate of drug-likeness (QED) is 0.455. The molecule has 6 nitrogen and oxygen atoms in total. The molecule has 0 atom stereocenters. The lowest BCUT2D eigenvalue weighted by Crippen LogP contribution is -2.20. The summed E-state index contributed by atoms with van der Waals surface area (Å²) >= 11 is 0. The van der Waals surface area contributed by atoms with Crippen LogP contribution in [-0.2, 0) is 12.8 Å². The fraction of sp³-hybridized carbons (Fsp3) is 0.200. The largest absolute Gasteiger partial charge is 0.376 e. The molecule has 0 bridgehead atoms. The lowest BCUT2D eigenvalue weighted by atomic mass is 10.1. The number of anilines is 2. The second kappa shape index (κ2) is 5.41. The van der Waals surface area contributed by atoms with E-state index in [9.17, 15) is 10.1 Å². The Kier molecular flexibility index (Phi) is 3.45. The van der Waals surface area contributed by atoms with E-state index in [1.165, 1.54) is 11.1 Å². The van der Waals surface area contributed by atoms with Gasteiger partial charge in [-0.2, -0.15) is 0 Å². The van der Waals surface area contributed by atoms with E-state index in [4.69, 9.17) is 5.84 Å². The van der Waals surface area contributed by atoms with Crippen LogP contribution in [0.5, 0.6) is 0 Å². The number of benzene rings is 2. The van der Waals surface area contributed by atoms with Crippen molar-refractivity contribution >= 4 is 17.1 Å². The van der Waals surface area contributed by atoms with E-state index in [-0.39, 0.29) is 11.7 Å². The van der Waals surface area contributed by atoms with Crippen LogP contribution in [-0.4, -0.2) is 11.0 Å². The summed E-state index contributed by atoms with van der Waals surface area (Å²) in [5, 5.41) is 14.5. The summed E-state index contributed by atoms with van der Waals surface area (Å²) < 4.78 is 0. The SMILES string of the molecule is NNc1cccc(NC2Cc3ccccc3C2)c1[N+](=O)[O-]. The standard InChI is InChI=1S/C15H16N4O2/c16-18-14-7-3-6-13(15(14)19(20)21)17-12-8-10-4-1-2-5-11(10)9-12/h1-7,12,17-18H,8-9,16H2. The van der Waals surface area contributed by atoms with E-state index in [1.54, 1.807) is 18.2 Å². The number of hydrogen-bond donors (Lipinski definition) is 3. The van der Waals surface area contributed by atoms with Gasteiger partial charge in [-0.3, -0.25) is 16.0 Å². The van der Waals surface area contributed by atoms with Crippen molar-refractivity contribution in [2.45, 2.75) is 18.9 Å². The first kappa shape index (κ1) is 13.4. The Hall–Kier alpha value is -2.60. The number of nitro benzene ring substituents is 1. The van der Waals surface area contributed by atoms with Gasteiger partial charge in [0.2, 0.25) is 0 Å². The second-order valence-electron chi connectivity index (χ2n) is 5.12. The van der Waals surface area contributed by atoms with Crippen LogP contribution in [0.25, 0.3) is 0 Å². The summed E-state index contributed by atoms with van der Waals surface area (Å²) in [6.45, 7) is 0. The molecule has 0 amide bonds. The van der Waals surface area contributed by atoms with Gasteiger partial charge >= 0.3 is 5.69 Å². The number of rotatable bonds is 4. The van der Waals surface area contributed by atoms with E-state index >= 15 is 0 Å². The molecule has 2 aromatic rings. The van der Waals surface area contributed by atoms with Gasteiger partial charge in [0, 0.05) is 6.04 Å². The summed E-state index contributed by atoms with van der Waals surface area (Å²) in [5.41, 5.74) is 5.75. The molecule has 21 heavy (non-hydrogen) atoms. The first-order valence-electron chi connectivity index (χ1n) is 6.76. The van der Waals surface area contributed by atoms with E-state index < -0.39 is 4.92 Å². The fourth-order valence-electron chi connectivity index (χ4n) is 2.85. The number of fused-ring (bicyclic) bond motifs is 1. The predicted molar refractivity (Wildman–Crippen MR) is 82.2 cm³/mol. The first-order valence-corrected chi connectivity index (χ1v) is 6.76. The molecule has 0 saturated heterocycles. The molecule has 1 aliphatic rings. The van der Waals surface area contributed by atoms with Crippen molar-refractivity contribution in [3.63, 3.8) is 0 Å². The average molecular weight is 284 g/mol. The van der Waals surface area contributed by atoms with Crippen molar-refractivity contribution in [3.8, 4) is 0 Å². The molecule has 3 rings (SSSR count). The number of nitrogens with one attached hydrogen (secondary N) is 2. The minimum atomic E-state index is -0.417. The summed E-state index contributed by atoms with van der Waals surface area (Å²) in [7, 11) is 0. The average Bonchev–Trinajstić information content (AvgIpc) is 2.88. The van der Waals surface area contributed by atoms with Crippen molar-refractivity contribution in [2.75, 3.05) is 10.7 Å². The molecule has 0 heterocycles. The molecule has 0 fully saturated rings. The minimum Gasteiger partial charge on any atom is -0.376 e. The van der Waals surface area contributed by atoms with Crippen LogP contribution in [0.3, 0.4) is 0 Å². The Morgan fingerprint density at radius 2 is 1.67 bits per heavy atom. The molecule has 0 unspecified atom stereocenters. The highest BCUT2D eigenvalue weighted by Crippen LogP contribution is 2.34. The summed E-state index contributed by atoms with van der Waals surface area (Å²) in [4.78, 5) is 10.8. The lowest BCUT2D eigenvalue weighted by Gasteiger charge is -2.15. The molecular weight excluding hydrogens is 268 g/mol. The number of hydrogen-bond acceptors (Lipinski definition) is 5. The zero-order valence-electron chi connectivity index (χ0n) is 11.4. The van der Waals surface area contributed by atoms with Gasteiger partial charge < -0.3 is 10.7 Å². The van der Waals surface area contributed by atoms with Gasteiger partial charge in [-0.05, 0) is 36.1 Å². The Morgan fingerprint density at radius 3 is 2.24 bits per heavy atom. The summed E-state index contributed by atoms with van der Waals surface area (Å²) in [6.07, 6.45) is 1.74. The van der Waals surface area contributed by atoms with Gasteiger partial charge in [0.25, 0.3) is 0 Å². The molecule has 108 valence electrons. The Bertz CT molecular complexity index is 662. The highest BCUT2D eigenvalue weighted by Gasteiger charge is 2.25. The molecule has 0 aliphatic heterocycles. The highest BCUT2D eigenvalue weighted by molar-refractivity contribution is 5.76. The van der Waals surface area contributed by atoms with E-state index in [0.717, 1.165) is 12.8 Å². The fourth-order valence-corrected chi connectivity index (χ4v) is 2.85. The van der Waals surface area contributed by atoms with E-state index in [0.29, 0.717) is 11.4 Å². The van der Waals surface area contributed by atoms with Gasteiger partial charge in [0.15, 0.2) is 0 Å². The first-order chi connectivity index (χ1) is 10.2. The third kappa shape index (κ3) is 2.53. The van der Waals surface area contributed by atoms with Gasteiger partial charge in [0.05, 0.1) is 4.92 Å². The molecule has 0 saturated carbocycles. The zero-order valence-corrected chi connectivity index (χ0v) is 11.4. The number of nitro groups is 1. The molecule has 6 heteroatoms. The molecule has 0 radical (unpaired) electrons. The number of para-hydroxylation sites is 1. The van der Waals surface area contributed by atoms with Crippen LogP contribution in [0.2, 0.25) is 0 Å². The third-order valence-electron chi connectivity index (χ3n) is 3.78. The van der Waals surface area contributed by atoms with Gasteiger partial charge in [-0.15, -0.1) is 0 Å². The van der Waals surface area contributed by atoms with Crippen LogP contribution < -0.4 is 16.6 Å². The van der Waals surface area contributed by atoms with Crippen LogP contribution in [0.15, 0.2) is 42.5 Å². The van der Waals surface area contributed by atoms with E-state index in [2.05, 4.69) is 22.9 Å².